The van der Waals surface area contributed by atoms with Gasteiger partial charge in [-0.1, -0.05) is 6.07 Å². The molecule has 1 amide bonds. The minimum Gasteiger partial charge on any atom is -0.480 e. The normalized spacial score (nSPS) is 17.7. The van der Waals surface area contributed by atoms with Crippen LogP contribution in [-0.4, -0.2) is 44.3 Å². The largest absolute Gasteiger partial charge is 0.480 e. The summed E-state index contributed by atoms with van der Waals surface area (Å²) >= 11 is 0. The molecule has 25 heavy (non-hydrogen) atoms. The van der Waals surface area contributed by atoms with Gasteiger partial charge in [0.25, 0.3) is 5.91 Å². The molecule has 1 aliphatic rings. The molecule has 2 aromatic rings. The van der Waals surface area contributed by atoms with Crippen LogP contribution in [0.25, 0.3) is 5.69 Å². The predicted molar refractivity (Wildman–Crippen MR) is 80.3 cm³/mol. The van der Waals surface area contributed by atoms with Crippen molar-refractivity contribution in [1.82, 2.24) is 14.7 Å². The maximum Gasteiger partial charge on any atom is 0.435 e. The van der Waals surface area contributed by atoms with E-state index in [-0.39, 0.29) is 11.3 Å². The van der Waals surface area contributed by atoms with Crippen LogP contribution in [0.5, 0.6) is 0 Å². The van der Waals surface area contributed by atoms with Crippen LogP contribution in [0.2, 0.25) is 0 Å². The molecule has 1 aromatic heterocycles. The van der Waals surface area contributed by atoms with Gasteiger partial charge in [-0.3, -0.25) is 4.79 Å². The van der Waals surface area contributed by atoms with Crippen LogP contribution in [-0.2, 0) is 11.0 Å². The maximum atomic E-state index is 12.7. The lowest BCUT2D eigenvalue weighted by molar-refractivity contribution is -0.142. The highest BCUT2D eigenvalue weighted by molar-refractivity contribution is 5.97. The van der Waals surface area contributed by atoms with E-state index in [1.165, 1.54) is 29.2 Å². The molecule has 0 aliphatic carbocycles. The van der Waals surface area contributed by atoms with Gasteiger partial charge in [0.05, 0.1) is 5.69 Å². The summed E-state index contributed by atoms with van der Waals surface area (Å²) in [4.78, 5) is 25.1. The van der Waals surface area contributed by atoms with E-state index in [1.807, 2.05) is 0 Å². The molecule has 1 saturated heterocycles. The maximum absolute atomic E-state index is 12.7. The Morgan fingerprint density at radius 2 is 2.00 bits per heavy atom. The van der Waals surface area contributed by atoms with Gasteiger partial charge in [0.2, 0.25) is 0 Å². The highest BCUT2D eigenvalue weighted by atomic mass is 19.4. The third-order valence-corrected chi connectivity index (χ3v) is 4.04. The van der Waals surface area contributed by atoms with Crippen molar-refractivity contribution in [3.8, 4) is 5.69 Å². The van der Waals surface area contributed by atoms with Crippen LogP contribution in [0, 0.1) is 0 Å². The second kappa shape index (κ2) is 6.23. The summed E-state index contributed by atoms with van der Waals surface area (Å²) in [6.07, 6.45) is -2.42. The van der Waals surface area contributed by atoms with E-state index in [4.69, 9.17) is 0 Å². The lowest BCUT2D eigenvalue weighted by Crippen LogP contribution is -2.40. The zero-order chi connectivity index (χ0) is 18.2. The van der Waals surface area contributed by atoms with E-state index in [1.54, 1.807) is 0 Å². The molecule has 0 bridgehead atoms. The van der Waals surface area contributed by atoms with Crippen molar-refractivity contribution in [2.24, 2.45) is 0 Å². The standard InChI is InChI=1S/C16H14F3N3O3/c17-16(18,19)13-6-8-22(20-13)11-4-1-3-10(9-11)14(23)21-7-2-5-12(21)15(24)25/h1,3-4,6,8-9,12H,2,5,7H2,(H,24,25)/t12-/m0/s1. The predicted octanol–water partition coefficient (Wildman–Crippen LogP) is 2.58. The fourth-order valence-corrected chi connectivity index (χ4v) is 2.83. The monoisotopic (exact) mass is 353 g/mol. The van der Waals surface area contributed by atoms with E-state index >= 15 is 0 Å². The van der Waals surface area contributed by atoms with Gasteiger partial charge in [0, 0.05) is 18.3 Å². The van der Waals surface area contributed by atoms with E-state index in [9.17, 15) is 27.9 Å². The Morgan fingerprint density at radius 3 is 2.64 bits per heavy atom. The zero-order valence-electron chi connectivity index (χ0n) is 12.9. The second-order valence-electron chi connectivity index (χ2n) is 5.69. The van der Waals surface area contributed by atoms with Gasteiger partial charge in [0.1, 0.15) is 6.04 Å². The van der Waals surface area contributed by atoms with Gasteiger partial charge in [-0.25, -0.2) is 9.48 Å². The van der Waals surface area contributed by atoms with Crippen molar-refractivity contribution in [3.63, 3.8) is 0 Å². The number of aliphatic carboxylic acids is 1. The topological polar surface area (TPSA) is 75.4 Å². The van der Waals surface area contributed by atoms with Crippen LogP contribution in [0.1, 0.15) is 28.9 Å². The molecule has 0 saturated carbocycles. The minimum atomic E-state index is -4.55. The third-order valence-electron chi connectivity index (χ3n) is 4.04. The summed E-state index contributed by atoms with van der Waals surface area (Å²) in [6.45, 7) is 0.333. The second-order valence-corrected chi connectivity index (χ2v) is 5.69. The molecule has 132 valence electrons. The summed E-state index contributed by atoms with van der Waals surface area (Å²) in [5, 5.41) is 12.6. The van der Waals surface area contributed by atoms with Crippen molar-refractivity contribution < 1.29 is 27.9 Å². The third kappa shape index (κ3) is 3.35. The van der Waals surface area contributed by atoms with Crippen LogP contribution < -0.4 is 0 Å². The van der Waals surface area contributed by atoms with Gasteiger partial charge in [-0.2, -0.15) is 18.3 Å². The number of rotatable bonds is 3. The Bertz CT molecular complexity index is 816. The van der Waals surface area contributed by atoms with Gasteiger partial charge < -0.3 is 10.0 Å². The van der Waals surface area contributed by atoms with Gasteiger partial charge >= 0.3 is 12.1 Å². The molecule has 0 radical (unpaired) electrons. The Kier molecular flexibility index (Phi) is 4.23. The van der Waals surface area contributed by atoms with Crippen molar-refractivity contribution >= 4 is 11.9 Å². The van der Waals surface area contributed by atoms with Crippen molar-refractivity contribution in [3.05, 3.63) is 47.8 Å². The lowest BCUT2D eigenvalue weighted by Gasteiger charge is -2.21. The minimum absolute atomic E-state index is 0.203. The van der Waals surface area contributed by atoms with E-state index in [0.29, 0.717) is 19.4 Å². The van der Waals surface area contributed by atoms with Crippen LogP contribution >= 0.6 is 0 Å². The highest BCUT2D eigenvalue weighted by Gasteiger charge is 2.35. The number of alkyl halides is 3. The lowest BCUT2D eigenvalue weighted by atomic mass is 10.1. The van der Waals surface area contributed by atoms with Gasteiger partial charge in [0.15, 0.2) is 5.69 Å². The van der Waals surface area contributed by atoms with Crippen molar-refractivity contribution in [2.75, 3.05) is 6.54 Å². The van der Waals surface area contributed by atoms with E-state index in [0.717, 1.165) is 16.9 Å². The van der Waals surface area contributed by atoms with Gasteiger partial charge in [-0.15, -0.1) is 0 Å². The number of hydrogen-bond acceptors (Lipinski definition) is 3. The first-order valence-electron chi connectivity index (χ1n) is 7.54. The number of aromatic nitrogens is 2. The number of halogens is 3. The first-order valence-corrected chi connectivity index (χ1v) is 7.54. The van der Waals surface area contributed by atoms with E-state index < -0.39 is 29.8 Å². The molecular formula is C16H14F3N3O3. The summed E-state index contributed by atoms with van der Waals surface area (Å²) in [6, 6.07) is 5.89. The summed E-state index contributed by atoms with van der Waals surface area (Å²) in [5.41, 5.74) is -0.545. The molecule has 1 fully saturated rings. The molecule has 1 atom stereocenters. The Balaban J connectivity index is 1.88. The SMILES string of the molecule is O=C(O)[C@@H]1CCCN1C(=O)c1cccc(-n2ccc(C(F)(F)F)n2)c1. The first kappa shape index (κ1) is 17.0. The van der Waals surface area contributed by atoms with Crippen molar-refractivity contribution in [1.29, 1.82) is 0 Å². The number of carbonyl (C=O) groups excluding carboxylic acids is 1. The molecule has 0 spiro atoms. The number of hydrogen-bond donors (Lipinski definition) is 1. The molecule has 2 heterocycles. The molecule has 0 unspecified atom stereocenters. The number of benzene rings is 1. The van der Waals surface area contributed by atoms with Gasteiger partial charge in [-0.05, 0) is 37.1 Å². The fourth-order valence-electron chi connectivity index (χ4n) is 2.83. The molecule has 9 heteroatoms. The number of carboxylic acids is 1. The van der Waals surface area contributed by atoms with Crippen LogP contribution in [0.3, 0.4) is 0 Å². The first-order chi connectivity index (χ1) is 11.8. The Labute approximate surface area is 140 Å². The number of amides is 1. The molecule has 1 aliphatic heterocycles. The molecular weight excluding hydrogens is 339 g/mol. The van der Waals surface area contributed by atoms with Crippen molar-refractivity contribution in [2.45, 2.75) is 25.1 Å². The number of carbonyl (C=O) groups is 2. The van der Waals surface area contributed by atoms with E-state index in [2.05, 4.69) is 5.10 Å². The summed E-state index contributed by atoms with van der Waals surface area (Å²) < 4.78 is 39.0. The molecule has 6 nitrogen and oxygen atoms in total. The fraction of sp³-hybridized carbons (Fsp3) is 0.312. The average molecular weight is 353 g/mol. The summed E-state index contributed by atoms with van der Waals surface area (Å²) in [5.74, 6) is -1.53. The smallest absolute Gasteiger partial charge is 0.435 e. The molecule has 3 rings (SSSR count). The van der Waals surface area contributed by atoms with Crippen LogP contribution in [0.4, 0.5) is 13.2 Å². The zero-order valence-corrected chi connectivity index (χ0v) is 12.9. The Hall–Kier alpha value is -2.84. The number of likely N-dealkylation sites (tertiary alicyclic amines) is 1. The molecule has 1 aromatic carbocycles. The summed E-state index contributed by atoms with van der Waals surface area (Å²) in [7, 11) is 0. The molecule has 1 N–H and O–H groups in total. The Morgan fingerprint density at radius 1 is 1.24 bits per heavy atom. The number of carboxylic acid groups (broad SMARTS) is 1. The van der Waals surface area contributed by atoms with Crippen LogP contribution in [0.15, 0.2) is 36.5 Å². The average Bonchev–Trinajstić information content (AvgIpc) is 3.23. The number of nitrogens with zero attached hydrogens (tertiary/aromatic N) is 3. The highest BCUT2D eigenvalue weighted by Crippen LogP contribution is 2.28. The quantitative estimate of drug-likeness (QED) is 0.920.